The van der Waals surface area contributed by atoms with Crippen molar-refractivity contribution in [1.82, 2.24) is 0 Å². The average molecular weight is 142 g/mol. The molecule has 0 radical (unpaired) electrons. The van der Waals surface area contributed by atoms with Crippen LogP contribution in [0.15, 0.2) is 12.7 Å². The van der Waals surface area contributed by atoms with Gasteiger partial charge in [-0.05, 0) is 13.3 Å². The molecule has 2 nitrogen and oxygen atoms in total. The van der Waals surface area contributed by atoms with Crippen LogP contribution in [0.25, 0.3) is 0 Å². The molecule has 58 valence electrons. The summed E-state index contributed by atoms with van der Waals surface area (Å²) in [6.45, 7) is 5.59. The van der Waals surface area contributed by atoms with Gasteiger partial charge in [-0.3, -0.25) is 0 Å². The van der Waals surface area contributed by atoms with Gasteiger partial charge in [-0.25, -0.2) is 0 Å². The molecule has 1 aliphatic rings. The van der Waals surface area contributed by atoms with E-state index in [1.165, 1.54) is 0 Å². The van der Waals surface area contributed by atoms with Gasteiger partial charge in [-0.15, -0.1) is 6.58 Å². The van der Waals surface area contributed by atoms with Crippen LogP contribution in [0.4, 0.5) is 0 Å². The van der Waals surface area contributed by atoms with Crippen molar-refractivity contribution in [2.75, 3.05) is 0 Å². The van der Waals surface area contributed by atoms with E-state index in [0.29, 0.717) is 6.42 Å². The smallest absolute Gasteiger partial charge is 0.0781 e. The second-order valence-electron chi connectivity index (χ2n) is 2.85. The van der Waals surface area contributed by atoms with Gasteiger partial charge in [0, 0.05) is 6.42 Å². The van der Waals surface area contributed by atoms with E-state index in [1.807, 2.05) is 6.92 Å². The maximum atomic E-state index is 9.25. The van der Waals surface area contributed by atoms with Gasteiger partial charge in [-0.1, -0.05) is 6.08 Å². The fourth-order valence-corrected chi connectivity index (χ4v) is 1.31. The Labute approximate surface area is 61.5 Å². The topological polar surface area (TPSA) is 29.5 Å². The van der Waals surface area contributed by atoms with Crippen LogP contribution in [0.5, 0.6) is 0 Å². The molecule has 0 aromatic rings. The van der Waals surface area contributed by atoms with E-state index in [2.05, 4.69) is 6.58 Å². The lowest BCUT2D eigenvalue weighted by Gasteiger charge is -2.29. The minimum absolute atomic E-state index is 0.0544. The van der Waals surface area contributed by atoms with Crippen LogP contribution in [0.2, 0.25) is 0 Å². The van der Waals surface area contributed by atoms with Gasteiger partial charge >= 0.3 is 0 Å². The van der Waals surface area contributed by atoms with E-state index in [9.17, 15) is 5.11 Å². The number of hydrogen-bond acceptors (Lipinski definition) is 2. The van der Waals surface area contributed by atoms with E-state index in [-0.39, 0.29) is 18.3 Å². The maximum Gasteiger partial charge on any atom is 0.0781 e. The van der Waals surface area contributed by atoms with Crippen molar-refractivity contribution in [2.24, 2.45) is 0 Å². The first-order valence-electron chi connectivity index (χ1n) is 3.68. The third-order valence-corrected chi connectivity index (χ3v) is 1.78. The van der Waals surface area contributed by atoms with Crippen LogP contribution in [0, 0.1) is 0 Å². The largest absolute Gasteiger partial charge is 0.393 e. The van der Waals surface area contributed by atoms with Crippen LogP contribution in [-0.2, 0) is 4.74 Å². The van der Waals surface area contributed by atoms with E-state index < -0.39 is 0 Å². The monoisotopic (exact) mass is 142 g/mol. The maximum absolute atomic E-state index is 9.25. The molecule has 0 aromatic heterocycles. The predicted molar refractivity (Wildman–Crippen MR) is 39.8 cm³/mol. The van der Waals surface area contributed by atoms with Gasteiger partial charge in [0.2, 0.25) is 0 Å². The molecule has 1 N–H and O–H groups in total. The van der Waals surface area contributed by atoms with Crippen LogP contribution in [0.3, 0.4) is 0 Å². The van der Waals surface area contributed by atoms with Gasteiger partial charge < -0.3 is 9.84 Å². The fraction of sp³-hybridized carbons (Fsp3) is 0.750. The summed E-state index contributed by atoms with van der Waals surface area (Å²) in [4.78, 5) is 0. The summed E-state index contributed by atoms with van der Waals surface area (Å²) in [5, 5.41) is 9.25. The highest BCUT2D eigenvalue weighted by atomic mass is 16.5. The standard InChI is InChI=1S/C8H14O2/c1-3-8-5-7(9)4-6(2)10-8/h3,6-9H,1,4-5H2,2H3/t6-,7-,8+/m0/s1. The summed E-state index contributed by atoms with van der Waals surface area (Å²) in [7, 11) is 0. The molecule has 0 bridgehead atoms. The highest BCUT2D eigenvalue weighted by Crippen LogP contribution is 2.19. The van der Waals surface area contributed by atoms with E-state index >= 15 is 0 Å². The van der Waals surface area contributed by atoms with Crippen LogP contribution < -0.4 is 0 Å². The van der Waals surface area contributed by atoms with Gasteiger partial charge in [-0.2, -0.15) is 0 Å². The van der Waals surface area contributed by atoms with Crippen molar-refractivity contribution in [2.45, 2.75) is 38.1 Å². The zero-order valence-electron chi connectivity index (χ0n) is 6.29. The van der Waals surface area contributed by atoms with E-state index in [1.54, 1.807) is 6.08 Å². The molecular weight excluding hydrogens is 128 g/mol. The zero-order chi connectivity index (χ0) is 7.56. The molecule has 0 aromatic carbocycles. The summed E-state index contributed by atoms with van der Waals surface area (Å²) in [6.07, 6.45) is 3.23. The summed E-state index contributed by atoms with van der Waals surface area (Å²) in [6, 6.07) is 0. The van der Waals surface area contributed by atoms with Crippen LogP contribution in [-0.4, -0.2) is 23.4 Å². The summed E-state index contributed by atoms with van der Waals surface area (Å²) in [5.74, 6) is 0. The van der Waals surface area contributed by atoms with Gasteiger partial charge in [0.1, 0.15) is 0 Å². The van der Waals surface area contributed by atoms with Crippen molar-refractivity contribution >= 4 is 0 Å². The Morgan fingerprint density at radius 1 is 1.60 bits per heavy atom. The fourth-order valence-electron chi connectivity index (χ4n) is 1.31. The van der Waals surface area contributed by atoms with E-state index in [0.717, 1.165) is 6.42 Å². The first kappa shape index (κ1) is 7.76. The molecule has 2 heteroatoms. The number of hydrogen-bond donors (Lipinski definition) is 1. The Hall–Kier alpha value is -0.340. The number of rotatable bonds is 1. The molecule has 10 heavy (non-hydrogen) atoms. The minimum atomic E-state index is -0.202. The molecule has 1 saturated heterocycles. The molecule has 1 fully saturated rings. The van der Waals surface area contributed by atoms with Crippen LogP contribution >= 0.6 is 0 Å². The molecule has 3 atom stereocenters. The quantitative estimate of drug-likeness (QED) is 0.555. The Balaban J connectivity index is 2.42. The lowest BCUT2D eigenvalue weighted by molar-refractivity contribution is -0.0671. The van der Waals surface area contributed by atoms with Crippen molar-refractivity contribution in [3.63, 3.8) is 0 Å². The van der Waals surface area contributed by atoms with Crippen molar-refractivity contribution in [1.29, 1.82) is 0 Å². The molecule has 1 aliphatic heterocycles. The Bertz CT molecular complexity index is 112. The summed E-state index contributed by atoms with van der Waals surface area (Å²) >= 11 is 0. The number of ether oxygens (including phenoxy) is 1. The second-order valence-corrected chi connectivity index (χ2v) is 2.85. The molecule has 0 spiro atoms. The molecular formula is C8H14O2. The molecule has 0 unspecified atom stereocenters. The first-order valence-corrected chi connectivity index (χ1v) is 3.68. The van der Waals surface area contributed by atoms with Crippen molar-refractivity contribution in [3.8, 4) is 0 Å². The Kier molecular flexibility index (Phi) is 2.46. The second kappa shape index (κ2) is 3.17. The number of aliphatic hydroxyl groups excluding tert-OH is 1. The SMILES string of the molecule is C=C[C@@H]1C[C@@H](O)C[C@H](C)O1. The van der Waals surface area contributed by atoms with Gasteiger partial charge in [0.05, 0.1) is 18.3 Å². The molecule has 0 saturated carbocycles. The third-order valence-electron chi connectivity index (χ3n) is 1.78. The van der Waals surface area contributed by atoms with E-state index in [4.69, 9.17) is 4.74 Å². The zero-order valence-corrected chi connectivity index (χ0v) is 6.29. The Morgan fingerprint density at radius 3 is 2.80 bits per heavy atom. The summed E-state index contributed by atoms with van der Waals surface area (Å²) in [5.41, 5.74) is 0. The molecule has 1 heterocycles. The predicted octanol–water partition coefficient (Wildman–Crippen LogP) is 1.10. The normalized spacial score (nSPS) is 41.2. The average Bonchev–Trinajstić information content (AvgIpc) is 1.85. The minimum Gasteiger partial charge on any atom is -0.393 e. The Morgan fingerprint density at radius 2 is 2.30 bits per heavy atom. The first-order chi connectivity index (χ1) is 4.72. The highest BCUT2D eigenvalue weighted by Gasteiger charge is 2.22. The van der Waals surface area contributed by atoms with Crippen molar-refractivity contribution in [3.05, 3.63) is 12.7 Å². The van der Waals surface area contributed by atoms with Crippen molar-refractivity contribution < 1.29 is 9.84 Å². The van der Waals surface area contributed by atoms with Crippen LogP contribution in [0.1, 0.15) is 19.8 Å². The lowest BCUT2D eigenvalue weighted by atomic mass is 10.0. The molecule has 1 rings (SSSR count). The molecule has 0 amide bonds. The molecule has 0 aliphatic carbocycles. The van der Waals surface area contributed by atoms with Gasteiger partial charge in [0.25, 0.3) is 0 Å². The lowest BCUT2D eigenvalue weighted by Crippen LogP contribution is -2.32. The summed E-state index contributed by atoms with van der Waals surface area (Å²) < 4.78 is 5.43. The highest BCUT2D eigenvalue weighted by molar-refractivity contribution is 4.86. The number of aliphatic hydroxyl groups is 1. The van der Waals surface area contributed by atoms with Gasteiger partial charge in [0.15, 0.2) is 0 Å². The third kappa shape index (κ3) is 1.82.